The van der Waals surface area contributed by atoms with E-state index in [1.165, 1.54) is 0 Å². The van der Waals surface area contributed by atoms with Crippen molar-refractivity contribution in [2.24, 2.45) is 0 Å². The minimum Gasteiger partial charge on any atom is -0.462 e. The van der Waals surface area contributed by atoms with Crippen LogP contribution in [0.25, 0.3) is 11.3 Å². The van der Waals surface area contributed by atoms with Gasteiger partial charge in [0, 0.05) is 5.56 Å². The Hall–Kier alpha value is -1.94. The highest BCUT2D eigenvalue weighted by molar-refractivity contribution is 6.32. The quantitative estimate of drug-likeness (QED) is 0.807. The smallest absolute Gasteiger partial charge is 0.341 e. The predicted molar refractivity (Wildman–Crippen MR) is 73.2 cm³/mol. The number of hydrogen-bond donors (Lipinski definition) is 0. The molecule has 1 aromatic heterocycles. The summed E-state index contributed by atoms with van der Waals surface area (Å²) in [6, 6.07) is 9.37. The van der Waals surface area contributed by atoms with Crippen molar-refractivity contribution in [2.45, 2.75) is 13.8 Å². The van der Waals surface area contributed by atoms with Crippen LogP contribution in [0, 0.1) is 6.92 Å². The van der Waals surface area contributed by atoms with E-state index in [1.54, 1.807) is 13.0 Å². The highest BCUT2D eigenvalue weighted by Crippen LogP contribution is 2.22. The molecule has 0 aliphatic rings. The molecule has 0 saturated heterocycles. The first-order chi connectivity index (χ1) is 9.11. The number of carbonyl (C=O) groups is 1. The van der Waals surface area contributed by atoms with E-state index in [-0.39, 0.29) is 17.3 Å². The second kappa shape index (κ2) is 5.80. The van der Waals surface area contributed by atoms with Gasteiger partial charge in [-0.05, 0) is 26.0 Å². The van der Waals surface area contributed by atoms with Crippen molar-refractivity contribution in [2.75, 3.05) is 6.61 Å². The normalized spacial score (nSPS) is 10.3. The molecular weight excluding hydrogens is 264 g/mol. The number of halogens is 1. The number of rotatable bonds is 3. The summed E-state index contributed by atoms with van der Waals surface area (Å²) in [4.78, 5) is 11.7. The van der Waals surface area contributed by atoms with Gasteiger partial charge in [-0.15, -0.1) is 10.2 Å². The lowest BCUT2D eigenvalue weighted by Crippen LogP contribution is -2.07. The van der Waals surface area contributed by atoms with Gasteiger partial charge in [0.2, 0.25) is 0 Å². The van der Waals surface area contributed by atoms with Crippen LogP contribution in [0.5, 0.6) is 0 Å². The second-order valence-corrected chi connectivity index (χ2v) is 4.38. The van der Waals surface area contributed by atoms with Gasteiger partial charge in [-0.25, -0.2) is 4.79 Å². The molecule has 1 aromatic carbocycles. The molecule has 0 spiro atoms. The molecule has 0 aliphatic heterocycles. The fourth-order valence-electron chi connectivity index (χ4n) is 1.67. The average Bonchev–Trinajstić information content (AvgIpc) is 2.39. The largest absolute Gasteiger partial charge is 0.462 e. The van der Waals surface area contributed by atoms with E-state index in [4.69, 9.17) is 16.3 Å². The number of aryl methyl sites for hydroxylation is 1. The number of aromatic nitrogens is 2. The van der Waals surface area contributed by atoms with Gasteiger partial charge in [-0.3, -0.25) is 0 Å². The summed E-state index contributed by atoms with van der Waals surface area (Å²) in [5.74, 6) is -0.490. The van der Waals surface area contributed by atoms with E-state index in [1.807, 2.05) is 31.2 Å². The maximum absolute atomic E-state index is 11.7. The molecule has 0 amide bonds. The molecule has 2 aromatic rings. The van der Waals surface area contributed by atoms with Crippen LogP contribution in [0.15, 0.2) is 30.3 Å². The van der Waals surface area contributed by atoms with Crippen molar-refractivity contribution in [1.29, 1.82) is 0 Å². The third-order valence-electron chi connectivity index (χ3n) is 2.56. The summed E-state index contributed by atoms with van der Waals surface area (Å²) in [5.41, 5.74) is 2.81. The molecule has 0 unspecified atom stereocenters. The van der Waals surface area contributed by atoms with Crippen molar-refractivity contribution in [1.82, 2.24) is 10.2 Å². The average molecular weight is 277 g/mol. The third-order valence-corrected chi connectivity index (χ3v) is 2.84. The van der Waals surface area contributed by atoms with E-state index >= 15 is 0 Å². The van der Waals surface area contributed by atoms with Crippen molar-refractivity contribution < 1.29 is 9.53 Å². The van der Waals surface area contributed by atoms with Crippen LogP contribution in [0.3, 0.4) is 0 Å². The standard InChI is InChI=1S/C14H13ClN2O2/c1-3-19-14(18)11-8-12(16-17-13(11)15)10-6-4-5-9(2)7-10/h4-8H,3H2,1-2H3. The van der Waals surface area contributed by atoms with E-state index in [0.29, 0.717) is 5.69 Å². The SMILES string of the molecule is CCOC(=O)c1cc(-c2cccc(C)c2)nnc1Cl. The first kappa shape index (κ1) is 13.5. The molecule has 0 atom stereocenters. The van der Waals surface area contributed by atoms with Gasteiger partial charge < -0.3 is 4.74 Å². The zero-order valence-electron chi connectivity index (χ0n) is 10.7. The van der Waals surface area contributed by atoms with Crippen LogP contribution in [-0.4, -0.2) is 22.8 Å². The molecule has 0 saturated carbocycles. The monoisotopic (exact) mass is 276 g/mol. The summed E-state index contributed by atoms with van der Waals surface area (Å²) in [7, 11) is 0. The Labute approximate surface area is 116 Å². The fourth-order valence-corrected chi connectivity index (χ4v) is 1.84. The van der Waals surface area contributed by atoms with Gasteiger partial charge in [-0.1, -0.05) is 35.4 Å². The molecular formula is C14H13ClN2O2. The van der Waals surface area contributed by atoms with Crippen LogP contribution in [0.1, 0.15) is 22.8 Å². The number of hydrogen-bond acceptors (Lipinski definition) is 4. The van der Waals surface area contributed by atoms with E-state index in [0.717, 1.165) is 11.1 Å². The molecule has 0 radical (unpaired) electrons. The zero-order chi connectivity index (χ0) is 13.8. The van der Waals surface area contributed by atoms with Crippen molar-refractivity contribution in [3.8, 4) is 11.3 Å². The Balaban J connectivity index is 2.44. The molecule has 4 nitrogen and oxygen atoms in total. The summed E-state index contributed by atoms with van der Waals surface area (Å²) < 4.78 is 4.93. The molecule has 0 aliphatic carbocycles. The molecule has 0 fully saturated rings. The third kappa shape index (κ3) is 3.09. The molecule has 2 rings (SSSR count). The highest BCUT2D eigenvalue weighted by Gasteiger charge is 2.15. The zero-order valence-corrected chi connectivity index (χ0v) is 11.4. The minimum atomic E-state index is -0.490. The van der Waals surface area contributed by atoms with Crippen LogP contribution in [0.2, 0.25) is 5.15 Å². The Kier molecular flexibility index (Phi) is 4.12. The first-order valence-electron chi connectivity index (χ1n) is 5.89. The second-order valence-electron chi connectivity index (χ2n) is 4.02. The Bertz CT molecular complexity index is 614. The van der Waals surface area contributed by atoms with Crippen LogP contribution in [0.4, 0.5) is 0 Å². The summed E-state index contributed by atoms with van der Waals surface area (Å²) >= 11 is 5.87. The number of ether oxygens (including phenoxy) is 1. The van der Waals surface area contributed by atoms with Crippen LogP contribution < -0.4 is 0 Å². The van der Waals surface area contributed by atoms with Crippen molar-refractivity contribution in [3.05, 3.63) is 46.6 Å². The van der Waals surface area contributed by atoms with E-state index in [2.05, 4.69) is 10.2 Å². The van der Waals surface area contributed by atoms with Crippen molar-refractivity contribution >= 4 is 17.6 Å². The van der Waals surface area contributed by atoms with Gasteiger partial charge in [-0.2, -0.15) is 0 Å². The predicted octanol–water partition coefficient (Wildman–Crippen LogP) is 3.28. The Morgan fingerprint density at radius 3 is 2.79 bits per heavy atom. The van der Waals surface area contributed by atoms with Gasteiger partial charge >= 0.3 is 5.97 Å². The topological polar surface area (TPSA) is 52.1 Å². The molecule has 5 heteroatoms. The number of benzene rings is 1. The molecule has 0 bridgehead atoms. The van der Waals surface area contributed by atoms with Gasteiger partial charge in [0.1, 0.15) is 5.56 Å². The summed E-state index contributed by atoms with van der Waals surface area (Å²) in [5, 5.41) is 7.86. The lowest BCUT2D eigenvalue weighted by molar-refractivity contribution is 0.0526. The molecule has 1 heterocycles. The van der Waals surface area contributed by atoms with Crippen LogP contribution in [-0.2, 0) is 4.74 Å². The van der Waals surface area contributed by atoms with Crippen LogP contribution >= 0.6 is 11.6 Å². The van der Waals surface area contributed by atoms with Gasteiger partial charge in [0.15, 0.2) is 5.15 Å². The van der Waals surface area contributed by atoms with Gasteiger partial charge in [0.25, 0.3) is 0 Å². The summed E-state index contributed by atoms with van der Waals surface area (Å²) in [6.45, 7) is 4.01. The maximum Gasteiger partial charge on any atom is 0.341 e. The maximum atomic E-state index is 11.7. The number of esters is 1. The highest BCUT2D eigenvalue weighted by atomic mass is 35.5. The molecule has 19 heavy (non-hydrogen) atoms. The number of carbonyl (C=O) groups excluding carboxylic acids is 1. The lowest BCUT2D eigenvalue weighted by Gasteiger charge is -2.06. The lowest BCUT2D eigenvalue weighted by atomic mass is 10.1. The van der Waals surface area contributed by atoms with E-state index in [9.17, 15) is 4.79 Å². The number of nitrogens with zero attached hydrogens (tertiary/aromatic N) is 2. The Morgan fingerprint density at radius 2 is 2.11 bits per heavy atom. The molecule has 98 valence electrons. The first-order valence-corrected chi connectivity index (χ1v) is 6.27. The van der Waals surface area contributed by atoms with Gasteiger partial charge in [0.05, 0.1) is 12.3 Å². The van der Waals surface area contributed by atoms with E-state index < -0.39 is 5.97 Å². The van der Waals surface area contributed by atoms with Crippen molar-refractivity contribution in [3.63, 3.8) is 0 Å². The Morgan fingerprint density at radius 1 is 1.32 bits per heavy atom. The summed E-state index contributed by atoms with van der Waals surface area (Å²) in [6.07, 6.45) is 0. The molecule has 0 N–H and O–H groups in total. The minimum absolute atomic E-state index is 0.0508. The fraction of sp³-hybridized carbons (Fsp3) is 0.214.